The van der Waals surface area contributed by atoms with Crippen molar-refractivity contribution in [3.8, 4) is 17.6 Å². The van der Waals surface area contributed by atoms with Gasteiger partial charge in [0.2, 0.25) is 0 Å². The molecule has 0 aliphatic carbocycles. The molecule has 0 bridgehead atoms. The Balaban J connectivity index is 2.31. The van der Waals surface area contributed by atoms with Crippen LogP contribution in [0.1, 0.15) is 11.1 Å². The van der Waals surface area contributed by atoms with E-state index in [2.05, 4.69) is 0 Å². The van der Waals surface area contributed by atoms with Crippen molar-refractivity contribution in [2.24, 2.45) is 0 Å². The Bertz CT molecular complexity index is 642. The van der Waals surface area contributed by atoms with Gasteiger partial charge in [-0.05, 0) is 29.8 Å². The van der Waals surface area contributed by atoms with E-state index in [0.717, 1.165) is 17.7 Å². The number of methoxy groups -OCH3 is 1. The zero-order chi connectivity index (χ0) is 14.5. The largest absolute Gasteiger partial charge is 0.451 e. The van der Waals surface area contributed by atoms with Crippen molar-refractivity contribution in [2.45, 2.75) is 6.61 Å². The average molecular weight is 275 g/mol. The van der Waals surface area contributed by atoms with E-state index >= 15 is 0 Å². The molecule has 0 N–H and O–H groups in total. The normalized spacial score (nSPS) is 10.1. The van der Waals surface area contributed by atoms with Gasteiger partial charge in [0, 0.05) is 7.11 Å². The molecule has 0 spiro atoms. The topological polar surface area (TPSA) is 42.2 Å². The molecule has 2 aromatic carbocycles. The summed E-state index contributed by atoms with van der Waals surface area (Å²) >= 11 is 0. The number of halogens is 2. The molecule has 102 valence electrons. The Morgan fingerprint density at radius 3 is 2.45 bits per heavy atom. The summed E-state index contributed by atoms with van der Waals surface area (Å²) in [7, 11) is 1.55. The second kappa shape index (κ2) is 6.13. The van der Waals surface area contributed by atoms with E-state index in [4.69, 9.17) is 14.7 Å². The lowest BCUT2D eigenvalue weighted by atomic mass is 10.2. The Labute approximate surface area is 115 Å². The molecular formula is C15H11F2NO2. The van der Waals surface area contributed by atoms with E-state index in [-0.39, 0.29) is 5.56 Å². The molecule has 20 heavy (non-hydrogen) atoms. The van der Waals surface area contributed by atoms with E-state index in [9.17, 15) is 8.78 Å². The van der Waals surface area contributed by atoms with Crippen molar-refractivity contribution in [3.63, 3.8) is 0 Å². The van der Waals surface area contributed by atoms with Gasteiger partial charge in [-0.2, -0.15) is 5.26 Å². The Kier molecular flexibility index (Phi) is 4.28. The summed E-state index contributed by atoms with van der Waals surface area (Å²) in [5.41, 5.74) is 0.722. The minimum atomic E-state index is -0.918. The molecule has 0 aliphatic rings. The van der Waals surface area contributed by atoms with Gasteiger partial charge < -0.3 is 9.47 Å². The fourth-order valence-corrected chi connectivity index (χ4v) is 1.71. The second-order valence-corrected chi connectivity index (χ2v) is 4.06. The third-order valence-corrected chi connectivity index (χ3v) is 2.56. The van der Waals surface area contributed by atoms with E-state index in [1.165, 1.54) is 0 Å². The third kappa shape index (κ3) is 3.11. The maximum Gasteiger partial charge on any atom is 0.198 e. The molecule has 0 unspecified atom stereocenters. The second-order valence-electron chi connectivity index (χ2n) is 4.06. The van der Waals surface area contributed by atoms with Crippen LogP contribution in [-0.4, -0.2) is 7.11 Å². The molecule has 0 heterocycles. The van der Waals surface area contributed by atoms with Gasteiger partial charge in [-0.3, -0.25) is 0 Å². The van der Waals surface area contributed by atoms with E-state index in [0.29, 0.717) is 12.4 Å². The van der Waals surface area contributed by atoms with Crippen molar-refractivity contribution in [2.75, 3.05) is 7.11 Å². The summed E-state index contributed by atoms with van der Waals surface area (Å²) in [5.74, 6) is -2.07. The van der Waals surface area contributed by atoms with Crippen molar-refractivity contribution >= 4 is 0 Å². The number of ether oxygens (including phenoxy) is 2. The van der Waals surface area contributed by atoms with Gasteiger partial charge in [-0.25, -0.2) is 8.78 Å². The van der Waals surface area contributed by atoms with Gasteiger partial charge in [0.25, 0.3) is 0 Å². The first-order chi connectivity index (χ1) is 9.63. The standard InChI is InChI=1S/C15H11F2NO2/c1-19-9-10-3-2-4-12(5-10)20-15-13(16)6-11(8-18)7-14(15)17/h2-7H,9H2,1H3. The van der Waals surface area contributed by atoms with Gasteiger partial charge in [0.15, 0.2) is 17.4 Å². The number of hydrogen-bond donors (Lipinski definition) is 0. The van der Waals surface area contributed by atoms with Crippen LogP contribution in [-0.2, 0) is 11.3 Å². The lowest BCUT2D eigenvalue weighted by Crippen LogP contribution is -1.95. The predicted molar refractivity (Wildman–Crippen MR) is 68.3 cm³/mol. The van der Waals surface area contributed by atoms with Gasteiger partial charge in [0.1, 0.15) is 5.75 Å². The average Bonchev–Trinajstić information content (AvgIpc) is 2.43. The van der Waals surface area contributed by atoms with Crippen LogP contribution in [0.4, 0.5) is 8.78 Å². The number of nitrogens with zero attached hydrogens (tertiary/aromatic N) is 1. The predicted octanol–water partition coefficient (Wildman–Crippen LogP) is 3.78. The van der Waals surface area contributed by atoms with Gasteiger partial charge >= 0.3 is 0 Å². The first-order valence-corrected chi connectivity index (χ1v) is 5.79. The monoisotopic (exact) mass is 275 g/mol. The first-order valence-electron chi connectivity index (χ1n) is 5.79. The molecule has 0 saturated carbocycles. The van der Waals surface area contributed by atoms with Crippen molar-refractivity contribution in [3.05, 3.63) is 59.2 Å². The summed E-state index contributed by atoms with van der Waals surface area (Å²) in [4.78, 5) is 0. The first kappa shape index (κ1) is 14.0. The van der Waals surface area contributed by atoms with Crippen LogP contribution in [0.2, 0.25) is 0 Å². The molecule has 2 rings (SSSR count). The Hall–Kier alpha value is -2.45. The molecule has 0 aliphatic heterocycles. The maximum absolute atomic E-state index is 13.7. The SMILES string of the molecule is COCc1cccc(Oc2c(F)cc(C#N)cc2F)c1. The number of benzene rings is 2. The molecule has 0 saturated heterocycles. The molecular weight excluding hydrogens is 264 g/mol. The fourth-order valence-electron chi connectivity index (χ4n) is 1.71. The minimum Gasteiger partial charge on any atom is -0.451 e. The highest BCUT2D eigenvalue weighted by Gasteiger charge is 2.13. The number of rotatable bonds is 4. The quantitative estimate of drug-likeness (QED) is 0.852. The van der Waals surface area contributed by atoms with Crippen LogP contribution in [0.5, 0.6) is 11.5 Å². The van der Waals surface area contributed by atoms with E-state index < -0.39 is 17.4 Å². The smallest absolute Gasteiger partial charge is 0.198 e. The third-order valence-electron chi connectivity index (χ3n) is 2.56. The van der Waals surface area contributed by atoms with Gasteiger partial charge in [-0.15, -0.1) is 0 Å². The molecule has 0 aromatic heterocycles. The Morgan fingerprint density at radius 2 is 1.85 bits per heavy atom. The fraction of sp³-hybridized carbons (Fsp3) is 0.133. The highest BCUT2D eigenvalue weighted by atomic mass is 19.1. The highest BCUT2D eigenvalue weighted by Crippen LogP contribution is 2.29. The van der Waals surface area contributed by atoms with Crippen LogP contribution >= 0.6 is 0 Å². The van der Waals surface area contributed by atoms with Crippen LogP contribution in [0.3, 0.4) is 0 Å². The van der Waals surface area contributed by atoms with Crippen LogP contribution in [0, 0.1) is 23.0 Å². The van der Waals surface area contributed by atoms with Crippen LogP contribution < -0.4 is 4.74 Å². The molecule has 2 aromatic rings. The summed E-state index contributed by atoms with van der Waals surface area (Å²) in [6.45, 7) is 0.371. The van der Waals surface area contributed by atoms with Crippen molar-refractivity contribution in [1.29, 1.82) is 5.26 Å². The van der Waals surface area contributed by atoms with Gasteiger partial charge in [0.05, 0.1) is 18.2 Å². The molecule has 0 fully saturated rings. The lowest BCUT2D eigenvalue weighted by Gasteiger charge is -2.09. The summed E-state index contributed by atoms with van der Waals surface area (Å²) in [6.07, 6.45) is 0. The van der Waals surface area contributed by atoms with Crippen LogP contribution in [0.15, 0.2) is 36.4 Å². The number of nitriles is 1. The van der Waals surface area contributed by atoms with Gasteiger partial charge in [-0.1, -0.05) is 12.1 Å². The molecule has 5 heteroatoms. The van der Waals surface area contributed by atoms with Crippen molar-refractivity contribution in [1.82, 2.24) is 0 Å². The Morgan fingerprint density at radius 1 is 1.15 bits per heavy atom. The molecule has 0 atom stereocenters. The summed E-state index contributed by atoms with van der Waals surface area (Å²) in [5, 5.41) is 8.62. The molecule has 0 radical (unpaired) electrons. The summed E-state index contributed by atoms with van der Waals surface area (Å²) in [6, 6.07) is 10.2. The maximum atomic E-state index is 13.7. The van der Waals surface area contributed by atoms with Crippen LogP contribution in [0.25, 0.3) is 0 Å². The molecule has 0 amide bonds. The highest BCUT2D eigenvalue weighted by molar-refractivity contribution is 5.40. The summed E-state index contributed by atoms with van der Waals surface area (Å²) < 4.78 is 37.6. The zero-order valence-corrected chi connectivity index (χ0v) is 10.7. The van der Waals surface area contributed by atoms with Crippen molar-refractivity contribution < 1.29 is 18.3 Å². The zero-order valence-electron chi connectivity index (χ0n) is 10.7. The number of hydrogen-bond acceptors (Lipinski definition) is 3. The van der Waals surface area contributed by atoms with E-state index in [1.807, 2.05) is 6.07 Å². The van der Waals surface area contributed by atoms with E-state index in [1.54, 1.807) is 31.4 Å². The minimum absolute atomic E-state index is 0.0968. The molecule has 3 nitrogen and oxygen atoms in total. The lowest BCUT2D eigenvalue weighted by molar-refractivity contribution is 0.184.